The third-order valence-electron chi connectivity index (χ3n) is 1.98. The average Bonchev–Trinajstić information content (AvgIpc) is 2.63. The Kier molecular flexibility index (Phi) is 1.89. The number of hydrogen-bond acceptors (Lipinski definition) is 3. The Labute approximate surface area is 80.4 Å². The summed E-state index contributed by atoms with van der Waals surface area (Å²) in [6, 6.07) is 5.07. The van der Waals surface area contributed by atoms with Crippen LogP contribution in [0.5, 0.6) is 11.5 Å². The van der Waals surface area contributed by atoms with E-state index in [0.29, 0.717) is 17.1 Å². The highest BCUT2D eigenvalue weighted by Gasteiger charge is 2.21. The van der Waals surface area contributed by atoms with Gasteiger partial charge in [-0.15, -0.1) is 0 Å². The van der Waals surface area contributed by atoms with Crippen LogP contribution in [-0.2, 0) is 4.79 Å². The van der Waals surface area contributed by atoms with Crippen molar-refractivity contribution in [2.24, 2.45) is 0 Å². The van der Waals surface area contributed by atoms with Crippen molar-refractivity contribution in [2.75, 3.05) is 6.79 Å². The Morgan fingerprint density at radius 2 is 2.21 bits per heavy atom. The molecule has 0 spiro atoms. The molecule has 0 aliphatic carbocycles. The SMILES string of the molecule is C=C(C(=O)O)c1cccc2c1OCO2. The van der Waals surface area contributed by atoms with Gasteiger partial charge in [0.25, 0.3) is 0 Å². The van der Waals surface area contributed by atoms with Crippen LogP contribution in [0.15, 0.2) is 24.8 Å². The minimum atomic E-state index is -1.06. The van der Waals surface area contributed by atoms with Crippen molar-refractivity contribution < 1.29 is 19.4 Å². The molecular weight excluding hydrogens is 184 g/mol. The summed E-state index contributed by atoms with van der Waals surface area (Å²) in [5.74, 6) is -0.0429. The molecule has 1 heterocycles. The first-order chi connectivity index (χ1) is 6.70. The highest BCUT2D eigenvalue weighted by atomic mass is 16.7. The first-order valence-corrected chi connectivity index (χ1v) is 4.01. The maximum atomic E-state index is 10.7. The second kappa shape index (κ2) is 3.06. The summed E-state index contributed by atoms with van der Waals surface area (Å²) in [6.45, 7) is 3.59. The van der Waals surface area contributed by atoms with Crippen LogP contribution in [0.4, 0.5) is 0 Å². The molecule has 72 valence electrons. The monoisotopic (exact) mass is 192 g/mol. The molecule has 0 saturated heterocycles. The average molecular weight is 192 g/mol. The van der Waals surface area contributed by atoms with E-state index in [-0.39, 0.29) is 12.4 Å². The molecule has 0 aromatic heterocycles. The van der Waals surface area contributed by atoms with Crippen LogP contribution in [0.2, 0.25) is 0 Å². The van der Waals surface area contributed by atoms with Gasteiger partial charge in [0.1, 0.15) is 0 Å². The van der Waals surface area contributed by atoms with Crippen molar-refractivity contribution in [1.82, 2.24) is 0 Å². The molecule has 4 nitrogen and oxygen atoms in total. The number of carbonyl (C=O) groups is 1. The quantitative estimate of drug-likeness (QED) is 0.721. The molecule has 1 aromatic carbocycles. The highest BCUT2D eigenvalue weighted by Crippen LogP contribution is 2.38. The zero-order chi connectivity index (χ0) is 10.1. The van der Waals surface area contributed by atoms with Crippen molar-refractivity contribution in [3.63, 3.8) is 0 Å². The zero-order valence-corrected chi connectivity index (χ0v) is 7.32. The molecule has 1 aromatic rings. The van der Waals surface area contributed by atoms with Crippen LogP contribution in [0.25, 0.3) is 5.57 Å². The third-order valence-corrected chi connectivity index (χ3v) is 1.98. The van der Waals surface area contributed by atoms with Crippen LogP contribution >= 0.6 is 0 Å². The summed E-state index contributed by atoms with van der Waals surface area (Å²) in [5.41, 5.74) is 0.472. The van der Waals surface area contributed by atoms with Crippen LogP contribution in [0, 0.1) is 0 Å². The number of rotatable bonds is 2. The summed E-state index contributed by atoms with van der Waals surface area (Å²) in [5, 5.41) is 8.77. The predicted molar refractivity (Wildman–Crippen MR) is 49.2 cm³/mol. The lowest BCUT2D eigenvalue weighted by atomic mass is 10.1. The molecule has 1 aliphatic rings. The van der Waals surface area contributed by atoms with Gasteiger partial charge < -0.3 is 14.6 Å². The van der Waals surface area contributed by atoms with Crippen LogP contribution < -0.4 is 9.47 Å². The number of para-hydroxylation sites is 1. The fourth-order valence-electron chi connectivity index (χ4n) is 1.28. The molecular formula is C10H8O4. The van der Waals surface area contributed by atoms with Gasteiger partial charge in [0.15, 0.2) is 11.5 Å². The molecule has 0 radical (unpaired) electrons. The Bertz CT molecular complexity index is 409. The van der Waals surface area contributed by atoms with E-state index in [1.807, 2.05) is 0 Å². The lowest BCUT2D eigenvalue weighted by molar-refractivity contribution is -0.130. The molecule has 2 rings (SSSR count). The van der Waals surface area contributed by atoms with Gasteiger partial charge in [0.2, 0.25) is 6.79 Å². The summed E-state index contributed by atoms with van der Waals surface area (Å²) in [7, 11) is 0. The maximum absolute atomic E-state index is 10.7. The molecule has 0 unspecified atom stereocenters. The number of carboxylic acid groups (broad SMARTS) is 1. The van der Waals surface area contributed by atoms with E-state index >= 15 is 0 Å². The minimum Gasteiger partial charge on any atom is -0.478 e. The van der Waals surface area contributed by atoms with Crippen molar-refractivity contribution in [3.05, 3.63) is 30.3 Å². The van der Waals surface area contributed by atoms with E-state index in [4.69, 9.17) is 14.6 Å². The molecule has 1 N–H and O–H groups in total. The second-order valence-corrected chi connectivity index (χ2v) is 2.82. The number of benzene rings is 1. The topological polar surface area (TPSA) is 55.8 Å². The Hall–Kier alpha value is -1.97. The normalized spacial score (nSPS) is 12.6. The Morgan fingerprint density at radius 3 is 2.93 bits per heavy atom. The molecule has 0 bridgehead atoms. The molecule has 1 aliphatic heterocycles. The van der Waals surface area contributed by atoms with Gasteiger partial charge in [-0.2, -0.15) is 0 Å². The zero-order valence-electron chi connectivity index (χ0n) is 7.32. The van der Waals surface area contributed by atoms with E-state index < -0.39 is 5.97 Å². The van der Waals surface area contributed by atoms with E-state index in [1.54, 1.807) is 18.2 Å². The number of hydrogen-bond donors (Lipinski definition) is 1. The van der Waals surface area contributed by atoms with Crippen LogP contribution in [0.1, 0.15) is 5.56 Å². The summed E-state index contributed by atoms with van der Waals surface area (Å²) in [4.78, 5) is 10.7. The van der Waals surface area contributed by atoms with Gasteiger partial charge in [-0.05, 0) is 6.07 Å². The summed E-state index contributed by atoms with van der Waals surface area (Å²) >= 11 is 0. The number of fused-ring (bicyclic) bond motifs is 1. The second-order valence-electron chi connectivity index (χ2n) is 2.82. The van der Waals surface area contributed by atoms with Crippen molar-refractivity contribution in [2.45, 2.75) is 0 Å². The van der Waals surface area contributed by atoms with E-state index in [0.717, 1.165) is 0 Å². The van der Waals surface area contributed by atoms with Crippen LogP contribution in [0.3, 0.4) is 0 Å². The van der Waals surface area contributed by atoms with Crippen LogP contribution in [-0.4, -0.2) is 17.9 Å². The van der Waals surface area contributed by atoms with Gasteiger partial charge in [-0.3, -0.25) is 0 Å². The largest absolute Gasteiger partial charge is 0.478 e. The fourth-order valence-corrected chi connectivity index (χ4v) is 1.28. The summed E-state index contributed by atoms with van der Waals surface area (Å²) < 4.78 is 10.3. The predicted octanol–water partition coefficient (Wildman–Crippen LogP) is 1.51. The minimum absolute atomic E-state index is 0.00681. The van der Waals surface area contributed by atoms with Crippen molar-refractivity contribution >= 4 is 11.5 Å². The highest BCUT2D eigenvalue weighted by molar-refractivity contribution is 6.15. The lowest BCUT2D eigenvalue weighted by Gasteiger charge is -2.04. The van der Waals surface area contributed by atoms with E-state index in [1.165, 1.54) is 0 Å². The first kappa shape index (κ1) is 8.62. The van der Waals surface area contributed by atoms with Gasteiger partial charge in [-0.1, -0.05) is 18.7 Å². The standard InChI is InChI=1S/C10H8O4/c1-6(10(11)12)7-3-2-4-8-9(7)14-5-13-8/h2-4H,1,5H2,(H,11,12). The molecule has 14 heavy (non-hydrogen) atoms. The van der Waals surface area contributed by atoms with Gasteiger partial charge in [-0.25, -0.2) is 4.79 Å². The molecule has 0 amide bonds. The lowest BCUT2D eigenvalue weighted by Crippen LogP contribution is -1.99. The van der Waals surface area contributed by atoms with Gasteiger partial charge in [0.05, 0.1) is 5.57 Å². The van der Waals surface area contributed by atoms with Crippen molar-refractivity contribution in [1.29, 1.82) is 0 Å². The van der Waals surface area contributed by atoms with E-state index in [2.05, 4.69) is 6.58 Å². The van der Waals surface area contributed by atoms with Crippen molar-refractivity contribution in [3.8, 4) is 11.5 Å². The Morgan fingerprint density at radius 1 is 1.43 bits per heavy atom. The molecule has 0 saturated carbocycles. The number of carboxylic acids is 1. The number of ether oxygens (including phenoxy) is 2. The van der Waals surface area contributed by atoms with Gasteiger partial charge >= 0.3 is 5.97 Å². The number of aliphatic carboxylic acids is 1. The third kappa shape index (κ3) is 1.21. The van der Waals surface area contributed by atoms with Gasteiger partial charge in [0, 0.05) is 5.56 Å². The Balaban J connectivity index is 2.49. The summed E-state index contributed by atoms with van der Waals surface area (Å²) in [6.07, 6.45) is 0. The molecule has 4 heteroatoms. The maximum Gasteiger partial charge on any atom is 0.335 e. The first-order valence-electron chi connectivity index (χ1n) is 4.01. The molecule has 0 fully saturated rings. The smallest absolute Gasteiger partial charge is 0.335 e. The van der Waals surface area contributed by atoms with E-state index in [9.17, 15) is 4.79 Å². The molecule has 0 atom stereocenters. The fraction of sp³-hybridized carbons (Fsp3) is 0.100.